The molecule has 0 saturated heterocycles. The average molecular weight is 402 g/mol. The van der Waals surface area contributed by atoms with Crippen molar-refractivity contribution in [3.05, 3.63) is 95.7 Å². The van der Waals surface area contributed by atoms with Crippen LogP contribution in [0.25, 0.3) is 49.9 Å². The lowest BCUT2D eigenvalue weighted by atomic mass is 10.0. The highest BCUT2D eigenvalue weighted by molar-refractivity contribution is 6.03. The second kappa shape index (κ2) is 6.58. The van der Waals surface area contributed by atoms with Crippen molar-refractivity contribution in [1.29, 1.82) is 0 Å². The van der Waals surface area contributed by atoms with Gasteiger partial charge < -0.3 is 4.42 Å². The maximum Gasteiger partial charge on any atom is 0.149 e. The molecule has 0 saturated carbocycles. The third-order valence-electron chi connectivity index (χ3n) is 6.10. The van der Waals surface area contributed by atoms with Crippen molar-refractivity contribution < 1.29 is 4.42 Å². The predicted octanol–water partition coefficient (Wildman–Crippen LogP) is 7.52. The van der Waals surface area contributed by atoms with E-state index in [1.165, 1.54) is 33.2 Å². The molecule has 0 bridgehead atoms. The summed E-state index contributed by atoms with van der Waals surface area (Å²) in [5.74, 6) is 0.908. The minimum absolute atomic E-state index is 0.879. The number of para-hydroxylation sites is 2. The van der Waals surface area contributed by atoms with E-state index in [0.717, 1.165) is 33.4 Å². The van der Waals surface area contributed by atoms with Gasteiger partial charge in [0.25, 0.3) is 0 Å². The van der Waals surface area contributed by atoms with Crippen LogP contribution < -0.4 is 0 Å². The van der Waals surface area contributed by atoms with Gasteiger partial charge in [-0.25, -0.2) is 4.98 Å². The SMILES string of the molecule is Cc1cc(C)c(-n2c(-c3coc4cc5ccccc5cc34)nc3ccccc32)c(C)c1. The molecule has 150 valence electrons. The molecule has 0 aliphatic heterocycles. The Morgan fingerprint density at radius 1 is 0.774 bits per heavy atom. The number of benzene rings is 4. The Kier molecular flexibility index (Phi) is 3.81. The van der Waals surface area contributed by atoms with Crippen LogP contribution in [0.4, 0.5) is 0 Å². The maximum atomic E-state index is 6.02. The highest BCUT2D eigenvalue weighted by atomic mass is 16.3. The molecular formula is C28H22N2O. The summed E-state index contributed by atoms with van der Waals surface area (Å²) in [5.41, 5.74) is 8.89. The van der Waals surface area contributed by atoms with Crippen LogP contribution in [-0.2, 0) is 0 Å². The van der Waals surface area contributed by atoms with Gasteiger partial charge in [0.05, 0.1) is 22.3 Å². The van der Waals surface area contributed by atoms with Crippen LogP contribution in [0.15, 0.2) is 83.5 Å². The molecule has 6 aromatic rings. The molecule has 0 aliphatic rings. The molecule has 3 nitrogen and oxygen atoms in total. The van der Waals surface area contributed by atoms with E-state index in [2.05, 4.69) is 92.1 Å². The Bertz CT molecular complexity index is 1590. The minimum Gasteiger partial charge on any atom is -0.464 e. The van der Waals surface area contributed by atoms with Crippen LogP contribution >= 0.6 is 0 Å². The standard InChI is InChI=1S/C28H22N2O/c1-17-12-18(2)27(19(3)13-17)30-25-11-7-6-10-24(25)29-28(30)23-16-31-26-15-21-9-5-4-8-20(21)14-22(23)26/h4-16H,1-3H3. The minimum atomic E-state index is 0.879. The van der Waals surface area contributed by atoms with E-state index in [9.17, 15) is 0 Å². The third-order valence-corrected chi connectivity index (χ3v) is 6.10. The summed E-state index contributed by atoms with van der Waals surface area (Å²) >= 11 is 0. The number of hydrogen-bond donors (Lipinski definition) is 0. The second-order valence-corrected chi connectivity index (χ2v) is 8.35. The highest BCUT2D eigenvalue weighted by Crippen LogP contribution is 2.37. The Morgan fingerprint density at radius 2 is 1.45 bits per heavy atom. The summed E-state index contributed by atoms with van der Waals surface area (Å²) in [6.07, 6.45) is 1.85. The molecule has 2 heterocycles. The fourth-order valence-electron chi connectivity index (χ4n) is 4.84. The van der Waals surface area contributed by atoms with Crippen LogP contribution in [0.5, 0.6) is 0 Å². The van der Waals surface area contributed by atoms with Crippen molar-refractivity contribution in [2.45, 2.75) is 20.8 Å². The summed E-state index contributed by atoms with van der Waals surface area (Å²) in [5, 5.41) is 3.45. The van der Waals surface area contributed by atoms with Crippen LogP contribution in [-0.4, -0.2) is 9.55 Å². The predicted molar refractivity (Wildman–Crippen MR) is 128 cm³/mol. The maximum absolute atomic E-state index is 6.02. The topological polar surface area (TPSA) is 31.0 Å². The number of imidazole rings is 1. The van der Waals surface area contributed by atoms with Gasteiger partial charge in [-0.3, -0.25) is 4.57 Å². The normalized spacial score (nSPS) is 11.7. The summed E-state index contributed by atoms with van der Waals surface area (Å²) in [7, 11) is 0. The zero-order valence-electron chi connectivity index (χ0n) is 17.8. The first-order valence-electron chi connectivity index (χ1n) is 10.6. The molecule has 0 atom stereocenters. The van der Waals surface area contributed by atoms with E-state index in [1.807, 2.05) is 12.3 Å². The van der Waals surface area contributed by atoms with Gasteiger partial charge in [-0.15, -0.1) is 0 Å². The number of aromatic nitrogens is 2. The second-order valence-electron chi connectivity index (χ2n) is 8.35. The molecule has 31 heavy (non-hydrogen) atoms. The zero-order valence-corrected chi connectivity index (χ0v) is 17.8. The molecule has 4 aromatic carbocycles. The van der Waals surface area contributed by atoms with E-state index in [1.54, 1.807) is 0 Å². The molecule has 2 aromatic heterocycles. The van der Waals surface area contributed by atoms with Crippen molar-refractivity contribution in [2.75, 3.05) is 0 Å². The van der Waals surface area contributed by atoms with Crippen LogP contribution in [0.1, 0.15) is 16.7 Å². The lowest BCUT2D eigenvalue weighted by Gasteiger charge is -2.16. The number of aryl methyl sites for hydroxylation is 3. The van der Waals surface area contributed by atoms with Gasteiger partial charge in [-0.05, 0) is 66.9 Å². The fraction of sp³-hybridized carbons (Fsp3) is 0.107. The quantitative estimate of drug-likeness (QED) is 0.300. The van der Waals surface area contributed by atoms with E-state index in [0.29, 0.717) is 0 Å². The Morgan fingerprint density at radius 3 is 2.23 bits per heavy atom. The van der Waals surface area contributed by atoms with Crippen LogP contribution in [0.3, 0.4) is 0 Å². The Balaban J connectivity index is 1.72. The first kappa shape index (κ1) is 18.0. The van der Waals surface area contributed by atoms with E-state index in [-0.39, 0.29) is 0 Å². The van der Waals surface area contributed by atoms with E-state index < -0.39 is 0 Å². The molecular weight excluding hydrogens is 380 g/mol. The molecule has 0 radical (unpaired) electrons. The van der Waals surface area contributed by atoms with Crippen LogP contribution in [0.2, 0.25) is 0 Å². The number of nitrogens with zero attached hydrogens (tertiary/aromatic N) is 2. The summed E-state index contributed by atoms with van der Waals surface area (Å²) < 4.78 is 8.32. The molecule has 0 amide bonds. The first-order valence-corrected chi connectivity index (χ1v) is 10.6. The van der Waals surface area contributed by atoms with Gasteiger partial charge in [0.15, 0.2) is 0 Å². The van der Waals surface area contributed by atoms with Gasteiger partial charge >= 0.3 is 0 Å². The lowest BCUT2D eigenvalue weighted by Crippen LogP contribution is -2.03. The molecule has 0 fully saturated rings. The molecule has 0 N–H and O–H groups in total. The van der Waals surface area contributed by atoms with Crippen molar-refractivity contribution in [1.82, 2.24) is 9.55 Å². The van der Waals surface area contributed by atoms with Gasteiger partial charge in [0.2, 0.25) is 0 Å². The summed E-state index contributed by atoms with van der Waals surface area (Å²) in [6, 6.07) is 25.5. The zero-order chi connectivity index (χ0) is 21.1. The average Bonchev–Trinajstić information content (AvgIpc) is 3.32. The van der Waals surface area contributed by atoms with E-state index >= 15 is 0 Å². The van der Waals surface area contributed by atoms with Crippen molar-refractivity contribution in [2.24, 2.45) is 0 Å². The van der Waals surface area contributed by atoms with Gasteiger partial charge in [0, 0.05) is 5.39 Å². The van der Waals surface area contributed by atoms with Gasteiger partial charge in [-0.2, -0.15) is 0 Å². The molecule has 0 spiro atoms. The molecule has 0 aliphatic carbocycles. The largest absolute Gasteiger partial charge is 0.464 e. The summed E-state index contributed by atoms with van der Waals surface area (Å²) in [4.78, 5) is 5.07. The number of furan rings is 1. The molecule has 6 rings (SSSR count). The van der Waals surface area contributed by atoms with Crippen molar-refractivity contribution in [3.8, 4) is 17.1 Å². The van der Waals surface area contributed by atoms with Crippen molar-refractivity contribution >= 4 is 32.8 Å². The Hall–Kier alpha value is -3.85. The Labute approximate surface area is 180 Å². The number of rotatable bonds is 2. The van der Waals surface area contributed by atoms with E-state index in [4.69, 9.17) is 9.40 Å². The fourth-order valence-corrected chi connectivity index (χ4v) is 4.84. The van der Waals surface area contributed by atoms with Crippen LogP contribution in [0, 0.1) is 20.8 Å². The molecule has 3 heteroatoms. The highest BCUT2D eigenvalue weighted by Gasteiger charge is 2.20. The smallest absolute Gasteiger partial charge is 0.149 e. The monoisotopic (exact) mass is 402 g/mol. The van der Waals surface area contributed by atoms with Gasteiger partial charge in [0.1, 0.15) is 17.7 Å². The first-order chi connectivity index (χ1) is 15.1. The third kappa shape index (κ3) is 2.70. The number of hydrogen-bond acceptors (Lipinski definition) is 2. The lowest BCUT2D eigenvalue weighted by molar-refractivity contribution is 0.617. The molecule has 0 unspecified atom stereocenters. The number of fused-ring (bicyclic) bond motifs is 3. The van der Waals surface area contributed by atoms with Crippen molar-refractivity contribution in [3.63, 3.8) is 0 Å². The van der Waals surface area contributed by atoms with Gasteiger partial charge in [-0.1, -0.05) is 54.1 Å². The summed E-state index contributed by atoms with van der Waals surface area (Å²) in [6.45, 7) is 6.50.